The Morgan fingerprint density at radius 3 is 2.81 bits per heavy atom. The predicted octanol–water partition coefficient (Wildman–Crippen LogP) is 2.58. The van der Waals surface area contributed by atoms with Gasteiger partial charge in [-0.05, 0) is 25.0 Å². The average Bonchev–Trinajstić information content (AvgIpc) is 2.48. The molecule has 0 amide bonds. The van der Waals surface area contributed by atoms with E-state index in [0.29, 0.717) is 10.8 Å². The predicted molar refractivity (Wildman–Crippen MR) is 89.5 cm³/mol. The van der Waals surface area contributed by atoms with Gasteiger partial charge in [0.05, 0.1) is 23.2 Å². The number of hydrogen-bond acceptors (Lipinski definition) is 4. The molecule has 1 saturated carbocycles. The number of thiocarbonyl (C=S) groups is 1. The highest BCUT2D eigenvalue weighted by Gasteiger charge is 2.24. The molecule has 0 aliphatic heterocycles. The second-order valence-corrected chi connectivity index (χ2v) is 5.98. The number of nitrogens with zero attached hydrogens (tertiary/aromatic N) is 1. The van der Waals surface area contributed by atoms with Gasteiger partial charge in [-0.25, -0.2) is 4.98 Å². The maximum Gasteiger partial charge on any atom is 0.137 e. The van der Waals surface area contributed by atoms with Crippen LogP contribution in [0.1, 0.15) is 31.2 Å². The van der Waals surface area contributed by atoms with Crippen LogP contribution in [0.25, 0.3) is 10.9 Å². The number of para-hydroxylation sites is 1. The Morgan fingerprint density at radius 2 is 2.05 bits per heavy atom. The van der Waals surface area contributed by atoms with Gasteiger partial charge in [0.25, 0.3) is 0 Å². The zero-order valence-electron chi connectivity index (χ0n) is 11.7. The largest absolute Gasteiger partial charge is 0.391 e. The normalized spacial score (nSPS) is 22.1. The summed E-state index contributed by atoms with van der Waals surface area (Å²) in [7, 11) is 0. The third-order valence-corrected chi connectivity index (χ3v) is 4.26. The molecule has 0 radical (unpaired) electrons. The average molecular weight is 301 g/mol. The van der Waals surface area contributed by atoms with Crippen molar-refractivity contribution in [3.63, 3.8) is 0 Å². The van der Waals surface area contributed by atoms with Gasteiger partial charge in [0.2, 0.25) is 0 Å². The second kappa shape index (κ2) is 5.95. The van der Waals surface area contributed by atoms with Crippen LogP contribution in [0.3, 0.4) is 0 Å². The van der Waals surface area contributed by atoms with E-state index in [1.165, 1.54) is 0 Å². The van der Waals surface area contributed by atoms with Crippen LogP contribution < -0.4 is 11.1 Å². The van der Waals surface area contributed by atoms with Crippen molar-refractivity contribution in [3.8, 4) is 0 Å². The Morgan fingerprint density at radius 1 is 1.29 bits per heavy atom. The Kier molecular flexibility index (Phi) is 4.03. The van der Waals surface area contributed by atoms with E-state index >= 15 is 0 Å². The smallest absolute Gasteiger partial charge is 0.137 e. The topological polar surface area (TPSA) is 71.2 Å². The molecule has 1 aromatic carbocycles. The van der Waals surface area contributed by atoms with Gasteiger partial charge in [-0.2, -0.15) is 0 Å². The van der Waals surface area contributed by atoms with E-state index in [2.05, 4.69) is 10.3 Å². The van der Waals surface area contributed by atoms with Crippen LogP contribution in [0.4, 0.5) is 5.82 Å². The highest BCUT2D eigenvalue weighted by atomic mass is 32.1. The monoisotopic (exact) mass is 301 g/mol. The fourth-order valence-electron chi connectivity index (χ4n) is 2.87. The standard InChI is InChI=1S/C16H19N3OS/c17-15(21)11-9-10-5-1-2-6-12(10)18-16(11)19-13-7-3-4-8-14(13)20/h1-2,5-6,9,13-14,20H,3-4,7-8H2,(H2,17,21)(H,18,19). The minimum Gasteiger partial charge on any atom is -0.391 e. The summed E-state index contributed by atoms with van der Waals surface area (Å²) in [5.41, 5.74) is 7.47. The van der Waals surface area contributed by atoms with Gasteiger partial charge >= 0.3 is 0 Å². The van der Waals surface area contributed by atoms with E-state index in [1.807, 2.05) is 30.3 Å². The maximum atomic E-state index is 10.1. The molecule has 3 rings (SSSR count). The first-order valence-corrected chi connectivity index (χ1v) is 7.70. The molecular weight excluding hydrogens is 282 g/mol. The van der Waals surface area contributed by atoms with Gasteiger partial charge in [-0.3, -0.25) is 0 Å². The fraction of sp³-hybridized carbons (Fsp3) is 0.375. The lowest BCUT2D eigenvalue weighted by Gasteiger charge is -2.29. The van der Waals surface area contributed by atoms with Crippen LogP contribution in [0, 0.1) is 0 Å². The van der Waals surface area contributed by atoms with Crippen molar-refractivity contribution < 1.29 is 5.11 Å². The summed E-state index contributed by atoms with van der Waals surface area (Å²) in [6, 6.07) is 9.84. The summed E-state index contributed by atoms with van der Waals surface area (Å²) in [5.74, 6) is 0.673. The summed E-state index contributed by atoms with van der Waals surface area (Å²) < 4.78 is 0. The van der Waals surface area contributed by atoms with Gasteiger partial charge in [-0.15, -0.1) is 0 Å². The van der Waals surface area contributed by atoms with Crippen molar-refractivity contribution in [3.05, 3.63) is 35.9 Å². The number of aliphatic hydroxyl groups excluding tert-OH is 1. The molecule has 2 atom stereocenters. The van der Waals surface area contributed by atoms with Crippen LogP contribution in [-0.4, -0.2) is 27.2 Å². The molecule has 2 aromatic rings. The number of nitrogens with one attached hydrogen (secondary N) is 1. The summed E-state index contributed by atoms with van der Waals surface area (Å²) in [4.78, 5) is 4.96. The van der Waals surface area contributed by atoms with E-state index in [1.54, 1.807) is 0 Å². The minimum absolute atomic E-state index is 0.0144. The van der Waals surface area contributed by atoms with Crippen molar-refractivity contribution in [2.45, 2.75) is 37.8 Å². The van der Waals surface area contributed by atoms with E-state index in [-0.39, 0.29) is 12.1 Å². The quantitative estimate of drug-likeness (QED) is 0.760. The lowest BCUT2D eigenvalue weighted by Crippen LogP contribution is -2.37. The van der Waals surface area contributed by atoms with Gasteiger partial charge in [-0.1, -0.05) is 43.3 Å². The number of anilines is 1. The van der Waals surface area contributed by atoms with E-state index in [4.69, 9.17) is 18.0 Å². The van der Waals surface area contributed by atoms with Gasteiger partial charge in [0, 0.05) is 5.39 Å². The van der Waals surface area contributed by atoms with E-state index in [0.717, 1.165) is 42.1 Å². The first-order valence-electron chi connectivity index (χ1n) is 7.29. The number of aliphatic hydroxyl groups is 1. The molecule has 1 heterocycles. The fourth-order valence-corrected chi connectivity index (χ4v) is 3.02. The zero-order valence-corrected chi connectivity index (χ0v) is 12.6. The number of aromatic nitrogens is 1. The molecule has 4 nitrogen and oxygen atoms in total. The third kappa shape index (κ3) is 2.99. The highest BCUT2D eigenvalue weighted by Crippen LogP contribution is 2.25. The first kappa shape index (κ1) is 14.2. The number of fused-ring (bicyclic) bond motifs is 1. The van der Waals surface area contributed by atoms with Crippen LogP contribution in [0.2, 0.25) is 0 Å². The van der Waals surface area contributed by atoms with Crippen molar-refractivity contribution in [1.29, 1.82) is 0 Å². The Balaban J connectivity index is 1.99. The molecule has 4 N–H and O–H groups in total. The Bertz CT molecular complexity index is 674. The number of rotatable bonds is 3. The summed E-state index contributed by atoms with van der Waals surface area (Å²) >= 11 is 5.14. The van der Waals surface area contributed by atoms with Gasteiger partial charge in [0.1, 0.15) is 10.8 Å². The van der Waals surface area contributed by atoms with Crippen LogP contribution >= 0.6 is 12.2 Å². The Hall–Kier alpha value is -1.72. The molecule has 1 fully saturated rings. The van der Waals surface area contributed by atoms with Crippen molar-refractivity contribution in [1.82, 2.24) is 4.98 Å². The summed E-state index contributed by atoms with van der Waals surface area (Å²) in [6.07, 6.45) is 3.61. The molecule has 0 spiro atoms. The third-order valence-electron chi connectivity index (χ3n) is 4.04. The molecule has 21 heavy (non-hydrogen) atoms. The summed E-state index contributed by atoms with van der Waals surface area (Å²) in [6.45, 7) is 0. The van der Waals surface area contributed by atoms with Crippen molar-refractivity contribution in [2.75, 3.05) is 5.32 Å². The van der Waals surface area contributed by atoms with Crippen LogP contribution in [0.5, 0.6) is 0 Å². The number of nitrogens with two attached hydrogens (primary N) is 1. The van der Waals surface area contributed by atoms with Gasteiger partial charge < -0.3 is 16.2 Å². The van der Waals surface area contributed by atoms with Crippen LogP contribution in [0.15, 0.2) is 30.3 Å². The number of pyridine rings is 1. The van der Waals surface area contributed by atoms with Crippen molar-refractivity contribution >= 4 is 33.9 Å². The molecule has 0 bridgehead atoms. The lowest BCUT2D eigenvalue weighted by molar-refractivity contribution is 0.116. The molecule has 0 saturated heterocycles. The first-order chi connectivity index (χ1) is 10.1. The second-order valence-electron chi connectivity index (χ2n) is 5.54. The van der Waals surface area contributed by atoms with E-state index < -0.39 is 0 Å². The molecule has 5 heteroatoms. The summed E-state index contributed by atoms with van der Waals surface area (Å²) in [5, 5.41) is 14.5. The Labute approximate surface area is 129 Å². The minimum atomic E-state index is -0.341. The molecule has 1 aromatic heterocycles. The zero-order chi connectivity index (χ0) is 14.8. The van der Waals surface area contributed by atoms with Crippen molar-refractivity contribution in [2.24, 2.45) is 5.73 Å². The van der Waals surface area contributed by atoms with Crippen LogP contribution in [-0.2, 0) is 0 Å². The van der Waals surface area contributed by atoms with Gasteiger partial charge in [0.15, 0.2) is 0 Å². The number of benzene rings is 1. The highest BCUT2D eigenvalue weighted by molar-refractivity contribution is 7.80. The molecule has 1 aliphatic rings. The number of hydrogen-bond donors (Lipinski definition) is 3. The molecule has 110 valence electrons. The molecule has 1 aliphatic carbocycles. The SMILES string of the molecule is NC(=S)c1cc2ccccc2nc1NC1CCCCC1O. The maximum absolute atomic E-state index is 10.1. The molecule has 2 unspecified atom stereocenters. The lowest BCUT2D eigenvalue weighted by atomic mass is 9.92. The van der Waals surface area contributed by atoms with E-state index in [9.17, 15) is 5.11 Å². The molecular formula is C16H19N3OS.